The summed E-state index contributed by atoms with van der Waals surface area (Å²) in [5.74, 6) is 0.995. The highest BCUT2D eigenvalue weighted by Crippen LogP contribution is 2.70. The van der Waals surface area contributed by atoms with Crippen LogP contribution in [0.2, 0.25) is 0 Å². The normalized spacial score (nSPS) is 48.1. The number of aliphatic carboxylic acids is 1. The van der Waals surface area contributed by atoms with Crippen molar-refractivity contribution in [3.8, 4) is 0 Å². The van der Waals surface area contributed by atoms with Crippen molar-refractivity contribution < 1.29 is 19.8 Å². The standard InChI is InChI=1S/C24H36O4/c1-22(14-25)8-4-9-24(3)19(22)7-10-23(2)17-13-18(26)16(12-21(27)28)11-15(17)5-6-20(23)24/h11,15,17,19-20,25H,4-10,12-14H2,1-3H3,(H,27,28)/t15?,17?,19?,20?,22-,23+,24+/m1/s1. The summed E-state index contributed by atoms with van der Waals surface area (Å²) >= 11 is 0. The molecule has 4 unspecified atom stereocenters. The van der Waals surface area contributed by atoms with Crippen LogP contribution in [0.1, 0.15) is 78.6 Å². The van der Waals surface area contributed by atoms with Crippen molar-refractivity contribution in [2.75, 3.05) is 6.61 Å². The Kier molecular flexibility index (Phi) is 4.80. The molecule has 0 saturated heterocycles. The van der Waals surface area contributed by atoms with Crippen LogP contribution in [0, 0.1) is 39.9 Å². The number of hydrogen-bond acceptors (Lipinski definition) is 3. The van der Waals surface area contributed by atoms with Crippen molar-refractivity contribution in [3.05, 3.63) is 11.6 Å². The van der Waals surface area contributed by atoms with Crippen LogP contribution in [-0.2, 0) is 9.59 Å². The second kappa shape index (κ2) is 6.68. The summed E-state index contributed by atoms with van der Waals surface area (Å²) in [7, 11) is 0. The Labute approximate surface area is 168 Å². The van der Waals surface area contributed by atoms with Gasteiger partial charge in [0, 0.05) is 18.6 Å². The van der Waals surface area contributed by atoms with E-state index in [1.54, 1.807) is 0 Å². The molecule has 4 rings (SSSR count). The Hall–Kier alpha value is -1.16. The molecule has 0 aliphatic heterocycles. The molecule has 4 nitrogen and oxygen atoms in total. The van der Waals surface area contributed by atoms with Crippen LogP contribution in [0.4, 0.5) is 0 Å². The zero-order valence-corrected chi connectivity index (χ0v) is 17.7. The van der Waals surface area contributed by atoms with Gasteiger partial charge in [0.2, 0.25) is 0 Å². The summed E-state index contributed by atoms with van der Waals surface area (Å²) in [5.41, 5.74) is 0.938. The maximum absolute atomic E-state index is 12.7. The fourth-order valence-electron chi connectivity index (χ4n) is 8.42. The highest BCUT2D eigenvalue weighted by Gasteiger charge is 2.63. The van der Waals surface area contributed by atoms with Gasteiger partial charge in [-0.25, -0.2) is 0 Å². The van der Waals surface area contributed by atoms with E-state index < -0.39 is 5.97 Å². The molecule has 0 heterocycles. The van der Waals surface area contributed by atoms with Gasteiger partial charge in [0.25, 0.3) is 0 Å². The van der Waals surface area contributed by atoms with E-state index in [1.165, 1.54) is 12.8 Å². The Morgan fingerprint density at radius 1 is 1.07 bits per heavy atom. The molecule has 4 aliphatic rings. The Bertz CT molecular complexity index is 711. The van der Waals surface area contributed by atoms with E-state index in [0.717, 1.165) is 32.1 Å². The zero-order chi connectivity index (χ0) is 20.3. The number of hydrogen-bond donors (Lipinski definition) is 2. The van der Waals surface area contributed by atoms with E-state index >= 15 is 0 Å². The number of aliphatic hydroxyl groups excluding tert-OH is 1. The van der Waals surface area contributed by atoms with Gasteiger partial charge >= 0.3 is 5.97 Å². The molecule has 0 aromatic carbocycles. The second-order valence-electron chi connectivity index (χ2n) is 11.1. The molecular weight excluding hydrogens is 352 g/mol. The first-order valence-electron chi connectivity index (χ1n) is 11.2. The first kappa shape index (κ1) is 20.1. The predicted octanol–water partition coefficient (Wildman–Crippen LogP) is 4.61. The lowest BCUT2D eigenvalue weighted by Crippen LogP contribution is -2.60. The fraction of sp³-hybridized carbons (Fsp3) is 0.833. The van der Waals surface area contributed by atoms with Crippen LogP contribution in [0.15, 0.2) is 11.6 Å². The van der Waals surface area contributed by atoms with Gasteiger partial charge in [-0.15, -0.1) is 0 Å². The molecule has 3 fully saturated rings. The molecule has 0 aromatic rings. The highest BCUT2D eigenvalue weighted by molar-refractivity contribution is 5.99. The van der Waals surface area contributed by atoms with Crippen LogP contribution in [0.25, 0.3) is 0 Å². The van der Waals surface area contributed by atoms with Gasteiger partial charge in [0.1, 0.15) is 0 Å². The molecule has 4 aliphatic carbocycles. The number of carboxylic acid groups (broad SMARTS) is 1. The SMILES string of the molecule is C[C@]1(CO)CCC[C@@]2(C)C1CC[C@@]1(C)C3CC(=O)C(CC(=O)O)=CC3CCC12. The molecule has 0 bridgehead atoms. The molecule has 3 saturated carbocycles. The van der Waals surface area contributed by atoms with Crippen LogP contribution in [0.5, 0.6) is 0 Å². The minimum Gasteiger partial charge on any atom is -0.481 e. The summed E-state index contributed by atoms with van der Waals surface area (Å²) in [6.07, 6.45) is 10.5. The van der Waals surface area contributed by atoms with Gasteiger partial charge in [-0.2, -0.15) is 0 Å². The van der Waals surface area contributed by atoms with Gasteiger partial charge in [0.15, 0.2) is 5.78 Å². The average Bonchev–Trinajstić information content (AvgIpc) is 2.62. The number of ketones is 1. The van der Waals surface area contributed by atoms with Crippen LogP contribution in [-0.4, -0.2) is 28.6 Å². The Balaban J connectivity index is 1.66. The Morgan fingerprint density at radius 3 is 2.50 bits per heavy atom. The summed E-state index contributed by atoms with van der Waals surface area (Å²) in [6.45, 7) is 7.46. The summed E-state index contributed by atoms with van der Waals surface area (Å²) in [5, 5.41) is 19.3. The number of allylic oxidation sites excluding steroid dienone is 1. The Morgan fingerprint density at radius 2 is 1.82 bits per heavy atom. The van der Waals surface area contributed by atoms with Crippen molar-refractivity contribution in [1.29, 1.82) is 0 Å². The fourth-order valence-corrected chi connectivity index (χ4v) is 8.42. The third kappa shape index (κ3) is 2.81. The van der Waals surface area contributed by atoms with E-state index in [1.807, 2.05) is 6.08 Å². The quantitative estimate of drug-likeness (QED) is 0.740. The van der Waals surface area contributed by atoms with Crippen molar-refractivity contribution in [2.24, 2.45) is 39.9 Å². The number of aliphatic hydroxyl groups is 1. The highest BCUT2D eigenvalue weighted by atomic mass is 16.4. The number of carbonyl (C=O) groups excluding carboxylic acids is 1. The first-order chi connectivity index (χ1) is 13.1. The van der Waals surface area contributed by atoms with Gasteiger partial charge < -0.3 is 10.2 Å². The number of carbonyl (C=O) groups is 2. The maximum Gasteiger partial charge on any atom is 0.307 e. The molecule has 28 heavy (non-hydrogen) atoms. The van der Waals surface area contributed by atoms with E-state index in [4.69, 9.17) is 5.11 Å². The summed E-state index contributed by atoms with van der Waals surface area (Å²) < 4.78 is 0. The molecule has 4 heteroatoms. The summed E-state index contributed by atoms with van der Waals surface area (Å²) in [6, 6.07) is 0. The number of fused-ring (bicyclic) bond motifs is 5. The van der Waals surface area contributed by atoms with Crippen LogP contribution >= 0.6 is 0 Å². The first-order valence-corrected chi connectivity index (χ1v) is 11.2. The predicted molar refractivity (Wildman–Crippen MR) is 108 cm³/mol. The maximum atomic E-state index is 12.7. The molecule has 0 aromatic heterocycles. The minimum absolute atomic E-state index is 0.0299. The molecule has 156 valence electrons. The number of rotatable bonds is 3. The smallest absolute Gasteiger partial charge is 0.307 e. The monoisotopic (exact) mass is 388 g/mol. The lowest BCUT2D eigenvalue weighted by atomic mass is 9.38. The lowest BCUT2D eigenvalue weighted by Gasteiger charge is -2.67. The third-order valence-electron chi connectivity index (χ3n) is 9.70. The summed E-state index contributed by atoms with van der Waals surface area (Å²) in [4.78, 5) is 23.9. The van der Waals surface area contributed by atoms with Crippen molar-refractivity contribution in [2.45, 2.75) is 78.6 Å². The van der Waals surface area contributed by atoms with E-state index in [9.17, 15) is 14.7 Å². The molecule has 7 atom stereocenters. The molecular formula is C24H36O4. The third-order valence-corrected chi connectivity index (χ3v) is 9.70. The molecule has 0 spiro atoms. The van der Waals surface area contributed by atoms with Gasteiger partial charge in [-0.3, -0.25) is 9.59 Å². The number of carboxylic acids is 1. The number of Topliss-reactive ketones (excluding diaryl/α,β-unsaturated/α-hetero) is 1. The largest absolute Gasteiger partial charge is 0.481 e. The average molecular weight is 389 g/mol. The topological polar surface area (TPSA) is 74.6 Å². The van der Waals surface area contributed by atoms with E-state index in [0.29, 0.717) is 35.7 Å². The van der Waals surface area contributed by atoms with E-state index in [2.05, 4.69) is 20.8 Å². The molecule has 0 radical (unpaired) electrons. The lowest BCUT2D eigenvalue weighted by molar-refractivity contribution is -0.183. The van der Waals surface area contributed by atoms with Gasteiger partial charge in [-0.1, -0.05) is 33.3 Å². The van der Waals surface area contributed by atoms with Crippen molar-refractivity contribution >= 4 is 11.8 Å². The van der Waals surface area contributed by atoms with Crippen molar-refractivity contribution in [3.63, 3.8) is 0 Å². The zero-order valence-electron chi connectivity index (χ0n) is 17.7. The van der Waals surface area contributed by atoms with Gasteiger partial charge in [0.05, 0.1) is 6.42 Å². The van der Waals surface area contributed by atoms with Crippen molar-refractivity contribution in [1.82, 2.24) is 0 Å². The van der Waals surface area contributed by atoms with Crippen LogP contribution < -0.4 is 0 Å². The second-order valence-corrected chi connectivity index (χ2v) is 11.1. The van der Waals surface area contributed by atoms with Gasteiger partial charge in [-0.05, 0) is 78.4 Å². The molecule has 0 amide bonds. The molecule has 2 N–H and O–H groups in total. The minimum atomic E-state index is -0.906. The van der Waals surface area contributed by atoms with E-state index in [-0.39, 0.29) is 35.1 Å². The van der Waals surface area contributed by atoms with Crippen LogP contribution in [0.3, 0.4) is 0 Å².